The third kappa shape index (κ3) is 2.65. The molecule has 1 aromatic carbocycles. The summed E-state index contributed by atoms with van der Waals surface area (Å²) in [7, 11) is 0. The Labute approximate surface area is 115 Å². The van der Waals surface area contributed by atoms with Gasteiger partial charge in [0, 0.05) is 29.8 Å². The van der Waals surface area contributed by atoms with Gasteiger partial charge in [0.25, 0.3) is 0 Å². The number of halogens is 1. The van der Waals surface area contributed by atoms with Crippen LogP contribution in [0.25, 0.3) is 0 Å². The van der Waals surface area contributed by atoms with Crippen molar-refractivity contribution in [1.29, 1.82) is 0 Å². The Kier molecular flexibility index (Phi) is 3.76. The molecule has 0 aromatic heterocycles. The van der Waals surface area contributed by atoms with Crippen LogP contribution >= 0.6 is 11.6 Å². The van der Waals surface area contributed by atoms with Crippen molar-refractivity contribution < 1.29 is 0 Å². The Hall–Kier alpha value is -0.730. The molecule has 3 heteroatoms. The first-order valence-electron chi connectivity index (χ1n) is 7.07. The number of nitrogens with zero attached hydrogens (tertiary/aromatic N) is 2. The summed E-state index contributed by atoms with van der Waals surface area (Å²) < 4.78 is 0. The van der Waals surface area contributed by atoms with E-state index in [1.807, 2.05) is 12.1 Å². The first-order chi connectivity index (χ1) is 8.83. The van der Waals surface area contributed by atoms with Crippen LogP contribution in [0.15, 0.2) is 24.3 Å². The number of likely N-dealkylation sites (tertiary alicyclic amines) is 1. The number of hydrogen-bond acceptors (Lipinski definition) is 2. The van der Waals surface area contributed by atoms with Crippen LogP contribution < -0.4 is 4.90 Å². The van der Waals surface area contributed by atoms with Crippen molar-refractivity contribution in [2.45, 2.75) is 31.7 Å². The molecule has 18 heavy (non-hydrogen) atoms. The van der Waals surface area contributed by atoms with E-state index in [0.717, 1.165) is 11.1 Å². The molecule has 0 spiro atoms. The third-order valence-corrected chi connectivity index (χ3v) is 4.53. The number of hydrogen-bond donors (Lipinski definition) is 0. The molecule has 0 saturated carbocycles. The second kappa shape index (κ2) is 5.50. The molecule has 98 valence electrons. The molecule has 0 unspecified atom stereocenters. The molecule has 3 rings (SSSR count). The third-order valence-electron chi connectivity index (χ3n) is 4.29. The first kappa shape index (κ1) is 12.3. The van der Waals surface area contributed by atoms with Gasteiger partial charge in [-0.25, -0.2) is 0 Å². The Bertz CT molecular complexity index is 393. The Morgan fingerprint density at radius 2 is 1.72 bits per heavy atom. The second-order valence-electron chi connectivity index (χ2n) is 5.44. The van der Waals surface area contributed by atoms with Gasteiger partial charge in [-0.2, -0.15) is 0 Å². The highest BCUT2D eigenvalue weighted by molar-refractivity contribution is 6.30. The highest BCUT2D eigenvalue weighted by Gasteiger charge is 2.26. The molecule has 2 nitrogen and oxygen atoms in total. The van der Waals surface area contributed by atoms with Gasteiger partial charge in [-0.15, -0.1) is 0 Å². The number of anilines is 1. The number of benzene rings is 1. The van der Waals surface area contributed by atoms with Gasteiger partial charge in [0.15, 0.2) is 0 Å². The topological polar surface area (TPSA) is 6.48 Å². The lowest BCUT2D eigenvalue weighted by atomic mass is 10.0. The average molecular weight is 265 g/mol. The van der Waals surface area contributed by atoms with Crippen molar-refractivity contribution in [1.82, 2.24) is 4.90 Å². The van der Waals surface area contributed by atoms with Gasteiger partial charge in [-0.1, -0.05) is 17.7 Å². The van der Waals surface area contributed by atoms with Gasteiger partial charge >= 0.3 is 0 Å². The van der Waals surface area contributed by atoms with Crippen molar-refractivity contribution in [3.05, 3.63) is 29.3 Å². The zero-order chi connectivity index (χ0) is 12.4. The van der Waals surface area contributed by atoms with Crippen LogP contribution in [0.1, 0.15) is 25.7 Å². The average Bonchev–Trinajstić information content (AvgIpc) is 2.93. The number of rotatable bonds is 2. The van der Waals surface area contributed by atoms with E-state index in [1.165, 1.54) is 57.5 Å². The van der Waals surface area contributed by atoms with Gasteiger partial charge in [-0.3, -0.25) is 0 Å². The van der Waals surface area contributed by atoms with Gasteiger partial charge in [0.2, 0.25) is 0 Å². The quantitative estimate of drug-likeness (QED) is 0.808. The van der Waals surface area contributed by atoms with Gasteiger partial charge in [0.1, 0.15) is 0 Å². The molecule has 0 atom stereocenters. The van der Waals surface area contributed by atoms with Crippen molar-refractivity contribution in [2.75, 3.05) is 31.1 Å². The highest BCUT2D eigenvalue weighted by atomic mass is 35.5. The Morgan fingerprint density at radius 3 is 2.39 bits per heavy atom. The Balaban J connectivity index is 1.59. The van der Waals surface area contributed by atoms with E-state index in [1.54, 1.807) is 0 Å². The van der Waals surface area contributed by atoms with Crippen LogP contribution in [0, 0.1) is 0 Å². The predicted octanol–water partition coefficient (Wildman–Crippen LogP) is 3.40. The van der Waals surface area contributed by atoms with Crippen molar-refractivity contribution in [3.8, 4) is 0 Å². The molecule has 0 N–H and O–H groups in total. The monoisotopic (exact) mass is 264 g/mol. The zero-order valence-electron chi connectivity index (χ0n) is 10.8. The molecular weight excluding hydrogens is 244 g/mol. The van der Waals surface area contributed by atoms with Crippen molar-refractivity contribution >= 4 is 17.3 Å². The highest BCUT2D eigenvalue weighted by Crippen LogP contribution is 2.26. The van der Waals surface area contributed by atoms with Gasteiger partial charge < -0.3 is 9.80 Å². The fourth-order valence-corrected chi connectivity index (χ4v) is 3.45. The lowest BCUT2D eigenvalue weighted by Gasteiger charge is -2.37. The maximum atomic E-state index is 6.06. The number of piperidine rings is 1. The lowest BCUT2D eigenvalue weighted by molar-refractivity contribution is 0.208. The smallest absolute Gasteiger partial charge is 0.0426 e. The Morgan fingerprint density at radius 1 is 1.00 bits per heavy atom. The summed E-state index contributed by atoms with van der Waals surface area (Å²) in [5.74, 6) is 0. The summed E-state index contributed by atoms with van der Waals surface area (Å²) in [6.07, 6.45) is 5.39. The summed E-state index contributed by atoms with van der Waals surface area (Å²) in [5, 5.41) is 0.842. The summed E-state index contributed by atoms with van der Waals surface area (Å²) in [6.45, 7) is 4.98. The SMILES string of the molecule is Clc1cccc(N2CCC(N3CCCC3)CC2)c1. The molecule has 2 fully saturated rings. The molecule has 2 aliphatic heterocycles. The van der Waals surface area contributed by atoms with Crippen LogP contribution in [-0.2, 0) is 0 Å². The molecule has 0 radical (unpaired) electrons. The maximum absolute atomic E-state index is 6.06. The van der Waals surface area contributed by atoms with E-state index in [4.69, 9.17) is 11.6 Å². The summed E-state index contributed by atoms with van der Waals surface area (Å²) in [6, 6.07) is 9.06. The zero-order valence-corrected chi connectivity index (χ0v) is 11.6. The van der Waals surface area contributed by atoms with E-state index in [2.05, 4.69) is 21.9 Å². The van der Waals surface area contributed by atoms with E-state index >= 15 is 0 Å². The van der Waals surface area contributed by atoms with Crippen LogP contribution in [0.2, 0.25) is 5.02 Å². The van der Waals surface area contributed by atoms with E-state index in [9.17, 15) is 0 Å². The maximum Gasteiger partial charge on any atom is 0.0426 e. The molecule has 2 heterocycles. The molecular formula is C15H21ClN2. The fourth-order valence-electron chi connectivity index (χ4n) is 3.27. The second-order valence-corrected chi connectivity index (χ2v) is 5.88. The lowest BCUT2D eigenvalue weighted by Crippen LogP contribution is -2.43. The minimum absolute atomic E-state index is 0.822. The van der Waals surface area contributed by atoms with E-state index in [-0.39, 0.29) is 0 Å². The molecule has 0 amide bonds. The standard InChI is InChI=1S/C15H21ClN2/c16-13-4-3-5-15(12-13)18-10-6-14(7-11-18)17-8-1-2-9-17/h3-5,12,14H,1-2,6-11H2. The molecule has 2 aliphatic rings. The predicted molar refractivity (Wildman–Crippen MR) is 77.5 cm³/mol. The molecule has 0 bridgehead atoms. The summed E-state index contributed by atoms with van der Waals surface area (Å²) >= 11 is 6.06. The summed E-state index contributed by atoms with van der Waals surface area (Å²) in [4.78, 5) is 5.16. The molecule has 0 aliphatic carbocycles. The largest absolute Gasteiger partial charge is 0.371 e. The minimum atomic E-state index is 0.822. The van der Waals surface area contributed by atoms with E-state index in [0.29, 0.717) is 0 Å². The van der Waals surface area contributed by atoms with Gasteiger partial charge in [0.05, 0.1) is 0 Å². The van der Waals surface area contributed by atoms with E-state index < -0.39 is 0 Å². The normalized spacial score (nSPS) is 22.6. The van der Waals surface area contributed by atoms with Crippen LogP contribution in [0.4, 0.5) is 5.69 Å². The van der Waals surface area contributed by atoms with Crippen LogP contribution in [-0.4, -0.2) is 37.1 Å². The minimum Gasteiger partial charge on any atom is -0.371 e. The molecule has 1 aromatic rings. The summed E-state index contributed by atoms with van der Waals surface area (Å²) in [5.41, 5.74) is 1.28. The van der Waals surface area contributed by atoms with Crippen molar-refractivity contribution in [2.24, 2.45) is 0 Å². The van der Waals surface area contributed by atoms with Crippen LogP contribution in [0.3, 0.4) is 0 Å². The van der Waals surface area contributed by atoms with Gasteiger partial charge in [-0.05, 0) is 57.0 Å². The van der Waals surface area contributed by atoms with Crippen LogP contribution in [0.5, 0.6) is 0 Å². The molecule has 2 saturated heterocycles. The fraction of sp³-hybridized carbons (Fsp3) is 0.600. The van der Waals surface area contributed by atoms with Crippen molar-refractivity contribution in [3.63, 3.8) is 0 Å². The first-order valence-corrected chi connectivity index (χ1v) is 7.45.